The SMILES string of the molecule is COc1ccc(C2CC2C(=O)NC(Cc2c[nH]c3ccccc23)C(=O)O)cc1. The fourth-order valence-electron chi connectivity index (χ4n) is 3.70. The van der Waals surface area contributed by atoms with E-state index in [0.717, 1.165) is 34.2 Å². The second-order valence-electron chi connectivity index (χ2n) is 7.18. The first-order chi connectivity index (χ1) is 13.6. The van der Waals surface area contributed by atoms with Crippen molar-refractivity contribution < 1.29 is 19.4 Å². The number of methoxy groups -OCH3 is 1. The zero-order valence-corrected chi connectivity index (χ0v) is 15.5. The maximum Gasteiger partial charge on any atom is 0.326 e. The van der Waals surface area contributed by atoms with Crippen LogP contribution in [0, 0.1) is 5.92 Å². The Hall–Kier alpha value is -3.28. The normalized spacial score (nSPS) is 19.2. The molecule has 28 heavy (non-hydrogen) atoms. The number of aliphatic carboxylic acids is 1. The van der Waals surface area contributed by atoms with Crippen LogP contribution in [0.1, 0.15) is 23.5 Å². The monoisotopic (exact) mass is 378 g/mol. The summed E-state index contributed by atoms with van der Waals surface area (Å²) >= 11 is 0. The average molecular weight is 378 g/mol. The van der Waals surface area contributed by atoms with E-state index >= 15 is 0 Å². The van der Waals surface area contributed by atoms with Gasteiger partial charge in [0.25, 0.3) is 0 Å². The van der Waals surface area contributed by atoms with Crippen LogP contribution in [-0.4, -0.2) is 35.1 Å². The molecule has 0 bridgehead atoms. The van der Waals surface area contributed by atoms with Crippen molar-refractivity contribution in [1.29, 1.82) is 0 Å². The third-order valence-electron chi connectivity index (χ3n) is 5.38. The van der Waals surface area contributed by atoms with Crippen LogP contribution in [0.25, 0.3) is 10.9 Å². The molecule has 4 rings (SSSR count). The molecule has 2 aromatic carbocycles. The van der Waals surface area contributed by atoms with E-state index < -0.39 is 12.0 Å². The second-order valence-corrected chi connectivity index (χ2v) is 7.18. The van der Waals surface area contributed by atoms with E-state index in [-0.39, 0.29) is 24.2 Å². The number of aromatic nitrogens is 1. The Labute approximate surface area is 162 Å². The lowest BCUT2D eigenvalue weighted by Gasteiger charge is -2.14. The highest BCUT2D eigenvalue weighted by Gasteiger charge is 2.44. The third kappa shape index (κ3) is 3.58. The number of carboxylic acid groups (broad SMARTS) is 1. The summed E-state index contributed by atoms with van der Waals surface area (Å²) in [6, 6.07) is 14.4. The van der Waals surface area contributed by atoms with E-state index in [9.17, 15) is 14.7 Å². The number of nitrogens with one attached hydrogen (secondary N) is 2. The summed E-state index contributed by atoms with van der Waals surface area (Å²) in [5.41, 5.74) is 2.91. The number of fused-ring (bicyclic) bond motifs is 1. The van der Waals surface area contributed by atoms with Gasteiger partial charge in [0.2, 0.25) is 5.91 Å². The van der Waals surface area contributed by atoms with Gasteiger partial charge in [-0.1, -0.05) is 30.3 Å². The lowest BCUT2D eigenvalue weighted by molar-refractivity contribution is -0.142. The zero-order chi connectivity index (χ0) is 19.7. The molecule has 6 heteroatoms. The molecule has 1 fully saturated rings. The topological polar surface area (TPSA) is 91.4 Å². The van der Waals surface area contributed by atoms with E-state index in [1.165, 1.54) is 0 Å². The number of hydrogen-bond donors (Lipinski definition) is 3. The molecule has 6 nitrogen and oxygen atoms in total. The second kappa shape index (κ2) is 7.38. The Morgan fingerprint density at radius 2 is 1.96 bits per heavy atom. The Bertz CT molecular complexity index is 1010. The Morgan fingerprint density at radius 3 is 2.68 bits per heavy atom. The molecule has 1 aromatic heterocycles. The number of para-hydroxylation sites is 1. The fraction of sp³-hybridized carbons (Fsp3) is 0.273. The third-order valence-corrected chi connectivity index (χ3v) is 5.38. The van der Waals surface area contributed by atoms with Gasteiger partial charge in [-0.3, -0.25) is 4.79 Å². The number of H-pyrrole nitrogens is 1. The Kier molecular flexibility index (Phi) is 4.77. The van der Waals surface area contributed by atoms with Crippen molar-refractivity contribution in [3.8, 4) is 5.75 Å². The Balaban J connectivity index is 1.42. The molecule has 0 saturated heterocycles. The summed E-state index contributed by atoms with van der Waals surface area (Å²) in [5, 5.41) is 13.3. The Morgan fingerprint density at radius 1 is 1.21 bits per heavy atom. The van der Waals surface area contributed by atoms with Gasteiger partial charge in [0.15, 0.2) is 0 Å². The van der Waals surface area contributed by atoms with E-state index in [4.69, 9.17) is 4.74 Å². The lowest BCUT2D eigenvalue weighted by atomic mass is 10.0. The maximum atomic E-state index is 12.6. The average Bonchev–Trinajstić information content (AvgIpc) is 3.42. The van der Waals surface area contributed by atoms with Gasteiger partial charge >= 0.3 is 5.97 Å². The number of aromatic amines is 1. The van der Waals surface area contributed by atoms with E-state index in [1.807, 2.05) is 54.7 Å². The summed E-state index contributed by atoms with van der Waals surface area (Å²) in [5.74, 6) is -0.505. The molecule has 1 heterocycles. The molecule has 1 amide bonds. The first kappa shape index (κ1) is 18.1. The molecule has 0 radical (unpaired) electrons. The molecule has 144 valence electrons. The molecule has 1 saturated carbocycles. The fourth-order valence-corrected chi connectivity index (χ4v) is 3.70. The predicted octanol–water partition coefficient (Wildman–Crippen LogP) is 3.09. The van der Waals surface area contributed by atoms with Crippen LogP contribution in [0.5, 0.6) is 5.75 Å². The molecule has 3 aromatic rings. The lowest BCUT2D eigenvalue weighted by Crippen LogP contribution is -2.43. The van der Waals surface area contributed by atoms with Crippen molar-refractivity contribution in [2.45, 2.75) is 24.8 Å². The molecule has 3 unspecified atom stereocenters. The first-order valence-electron chi connectivity index (χ1n) is 9.29. The molecule has 0 aliphatic heterocycles. The van der Waals surface area contributed by atoms with Gasteiger partial charge in [0.1, 0.15) is 11.8 Å². The van der Waals surface area contributed by atoms with Gasteiger partial charge in [-0.05, 0) is 41.7 Å². The minimum atomic E-state index is -1.03. The van der Waals surface area contributed by atoms with E-state index in [1.54, 1.807) is 7.11 Å². The van der Waals surface area contributed by atoms with E-state index in [0.29, 0.717) is 0 Å². The van der Waals surface area contributed by atoms with Crippen LogP contribution in [-0.2, 0) is 16.0 Å². The number of carbonyl (C=O) groups is 2. The molecule has 1 aliphatic carbocycles. The number of carbonyl (C=O) groups excluding carboxylic acids is 1. The summed E-state index contributed by atoms with van der Waals surface area (Å²) in [6.45, 7) is 0. The smallest absolute Gasteiger partial charge is 0.326 e. The minimum Gasteiger partial charge on any atom is -0.497 e. The minimum absolute atomic E-state index is 0.133. The van der Waals surface area contributed by atoms with Crippen molar-refractivity contribution >= 4 is 22.8 Å². The van der Waals surface area contributed by atoms with Gasteiger partial charge in [0.05, 0.1) is 7.11 Å². The van der Waals surface area contributed by atoms with Crippen LogP contribution in [0.3, 0.4) is 0 Å². The largest absolute Gasteiger partial charge is 0.497 e. The van der Waals surface area contributed by atoms with Crippen molar-refractivity contribution in [2.75, 3.05) is 7.11 Å². The molecule has 3 N–H and O–H groups in total. The van der Waals surface area contributed by atoms with Crippen LogP contribution >= 0.6 is 0 Å². The van der Waals surface area contributed by atoms with E-state index in [2.05, 4.69) is 10.3 Å². The molecule has 3 atom stereocenters. The van der Waals surface area contributed by atoms with Crippen LogP contribution < -0.4 is 10.1 Å². The van der Waals surface area contributed by atoms with Crippen molar-refractivity contribution in [2.24, 2.45) is 5.92 Å². The van der Waals surface area contributed by atoms with Crippen LogP contribution in [0.2, 0.25) is 0 Å². The van der Waals surface area contributed by atoms with Crippen molar-refractivity contribution in [3.05, 3.63) is 65.9 Å². The number of amides is 1. The highest BCUT2D eigenvalue weighted by atomic mass is 16.5. The first-order valence-corrected chi connectivity index (χ1v) is 9.29. The van der Waals surface area contributed by atoms with Crippen LogP contribution in [0.15, 0.2) is 54.7 Å². The highest BCUT2D eigenvalue weighted by Crippen LogP contribution is 2.47. The van der Waals surface area contributed by atoms with Gasteiger partial charge in [0, 0.05) is 29.4 Å². The molecular formula is C22H22N2O4. The van der Waals surface area contributed by atoms with Gasteiger partial charge in [-0.2, -0.15) is 0 Å². The zero-order valence-electron chi connectivity index (χ0n) is 15.5. The number of ether oxygens (including phenoxy) is 1. The number of carboxylic acids is 1. The van der Waals surface area contributed by atoms with Gasteiger partial charge in [-0.25, -0.2) is 4.79 Å². The number of rotatable bonds is 7. The predicted molar refractivity (Wildman–Crippen MR) is 105 cm³/mol. The molecular weight excluding hydrogens is 356 g/mol. The number of hydrogen-bond acceptors (Lipinski definition) is 3. The summed E-state index contributed by atoms with van der Waals surface area (Å²) in [6.07, 6.45) is 2.78. The summed E-state index contributed by atoms with van der Waals surface area (Å²) in [4.78, 5) is 27.5. The highest BCUT2D eigenvalue weighted by molar-refractivity contribution is 5.89. The standard InChI is InChI=1S/C22H22N2O4/c1-28-15-8-6-13(7-9-15)17-11-18(17)21(25)24-20(22(26)27)10-14-12-23-19-5-3-2-4-16(14)19/h2-9,12,17-18,20,23H,10-11H2,1H3,(H,24,25)(H,26,27). The maximum absolute atomic E-state index is 12.6. The van der Waals surface area contributed by atoms with Gasteiger partial charge in [-0.15, -0.1) is 0 Å². The van der Waals surface area contributed by atoms with Crippen molar-refractivity contribution in [1.82, 2.24) is 10.3 Å². The quantitative estimate of drug-likeness (QED) is 0.589. The number of benzene rings is 2. The van der Waals surface area contributed by atoms with Crippen LogP contribution in [0.4, 0.5) is 0 Å². The van der Waals surface area contributed by atoms with Crippen molar-refractivity contribution in [3.63, 3.8) is 0 Å². The van der Waals surface area contributed by atoms with Gasteiger partial charge < -0.3 is 20.1 Å². The molecule has 1 aliphatic rings. The summed E-state index contributed by atoms with van der Waals surface area (Å²) in [7, 11) is 1.61. The summed E-state index contributed by atoms with van der Waals surface area (Å²) < 4.78 is 5.16. The molecule has 0 spiro atoms.